The Kier molecular flexibility index (Phi) is 8.54. The van der Waals surface area contributed by atoms with Crippen LogP contribution in [0, 0.1) is 25.6 Å². The van der Waals surface area contributed by atoms with Crippen LogP contribution in [-0.2, 0) is 6.61 Å². The normalized spacial score (nSPS) is 13.7. The Labute approximate surface area is 254 Å². The van der Waals surface area contributed by atoms with E-state index in [1.54, 1.807) is 13.8 Å². The molecule has 2 heterocycles. The van der Waals surface area contributed by atoms with Gasteiger partial charge in [-0.15, -0.1) is 11.3 Å². The van der Waals surface area contributed by atoms with Crippen molar-refractivity contribution >= 4 is 27.2 Å². The summed E-state index contributed by atoms with van der Waals surface area (Å²) >= 11 is 1.42. The third-order valence-corrected chi connectivity index (χ3v) is 9.06. The smallest absolute Gasteiger partial charge is 0.204 e. The molecule has 43 heavy (non-hydrogen) atoms. The standard InChI is InChI=1S/C36H33F2NO3S/c1-23-16-28(38)17-24(2)33(23)35(40)36-34(27-8-10-29(11-9-27)41-15-14-39-20-26(19-37)21-39)31-13-12-30(18-32(31)43-36)42-22-25-6-4-3-5-7-25/h3-13,16-18,26H,14-15,19-22H2,1-2H3. The van der Waals surface area contributed by atoms with Gasteiger partial charge in [0.25, 0.3) is 0 Å². The highest BCUT2D eigenvalue weighted by Crippen LogP contribution is 2.42. The summed E-state index contributed by atoms with van der Waals surface area (Å²) in [6.45, 7) is 6.59. The van der Waals surface area contributed by atoms with Gasteiger partial charge in [-0.25, -0.2) is 4.39 Å². The lowest BCUT2D eigenvalue weighted by Crippen LogP contribution is -2.49. The number of thiophene rings is 1. The van der Waals surface area contributed by atoms with Gasteiger partial charge >= 0.3 is 0 Å². The van der Waals surface area contributed by atoms with E-state index < -0.39 is 0 Å². The highest BCUT2D eigenvalue weighted by molar-refractivity contribution is 7.21. The van der Waals surface area contributed by atoms with Gasteiger partial charge in [0.1, 0.15) is 30.5 Å². The minimum Gasteiger partial charge on any atom is -0.492 e. The number of fused-ring (bicyclic) bond motifs is 1. The van der Waals surface area contributed by atoms with Gasteiger partial charge in [-0.3, -0.25) is 14.1 Å². The summed E-state index contributed by atoms with van der Waals surface area (Å²) in [6, 6.07) is 26.5. The lowest BCUT2D eigenvalue weighted by Gasteiger charge is -2.37. The molecule has 0 bridgehead atoms. The van der Waals surface area contributed by atoms with Crippen molar-refractivity contribution in [1.82, 2.24) is 4.90 Å². The van der Waals surface area contributed by atoms with Crippen LogP contribution < -0.4 is 9.47 Å². The molecule has 4 aromatic carbocycles. The molecule has 1 aliphatic heterocycles. The molecule has 0 amide bonds. The maximum absolute atomic E-state index is 14.1. The second-order valence-electron chi connectivity index (χ2n) is 11.1. The lowest BCUT2D eigenvalue weighted by atomic mass is 9.94. The molecule has 0 atom stereocenters. The van der Waals surface area contributed by atoms with E-state index >= 15 is 0 Å². The molecule has 1 aliphatic rings. The van der Waals surface area contributed by atoms with Crippen molar-refractivity contribution in [2.45, 2.75) is 20.5 Å². The lowest BCUT2D eigenvalue weighted by molar-refractivity contribution is 0.0668. The van der Waals surface area contributed by atoms with Crippen LogP contribution in [0.15, 0.2) is 84.9 Å². The summed E-state index contributed by atoms with van der Waals surface area (Å²) in [5.74, 6) is 1.14. The fraction of sp³-hybridized carbons (Fsp3) is 0.250. The number of likely N-dealkylation sites (tertiary alicyclic amines) is 1. The number of nitrogens with zero attached hydrogens (tertiary/aromatic N) is 1. The van der Waals surface area contributed by atoms with Gasteiger partial charge < -0.3 is 9.47 Å². The van der Waals surface area contributed by atoms with Crippen molar-refractivity contribution in [2.24, 2.45) is 5.92 Å². The van der Waals surface area contributed by atoms with Gasteiger partial charge in [0.15, 0.2) is 0 Å². The maximum atomic E-state index is 14.1. The third kappa shape index (κ3) is 6.33. The van der Waals surface area contributed by atoms with Crippen LogP contribution >= 0.6 is 11.3 Å². The molecule has 6 rings (SSSR count). The molecule has 1 saturated heterocycles. The molecule has 7 heteroatoms. The first-order valence-corrected chi connectivity index (χ1v) is 15.3. The van der Waals surface area contributed by atoms with Crippen LogP contribution in [0.1, 0.15) is 31.9 Å². The van der Waals surface area contributed by atoms with E-state index in [0.29, 0.717) is 34.8 Å². The quantitative estimate of drug-likeness (QED) is 0.143. The predicted molar refractivity (Wildman–Crippen MR) is 169 cm³/mol. The molecule has 1 fully saturated rings. The number of ether oxygens (including phenoxy) is 2. The minimum atomic E-state index is -0.352. The van der Waals surface area contributed by atoms with Crippen molar-refractivity contribution in [2.75, 3.05) is 32.9 Å². The number of benzene rings is 4. The number of aryl methyl sites for hydroxylation is 2. The van der Waals surface area contributed by atoms with Crippen LogP contribution in [0.25, 0.3) is 21.2 Å². The van der Waals surface area contributed by atoms with Crippen molar-refractivity contribution in [3.05, 3.63) is 118 Å². The first-order valence-electron chi connectivity index (χ1n) is 14.5. The van der Waals surface area contributed by atoms with Gasteiger partial charge in [-0.1, -0.05) is 42.5 Å². The minimum absolute atomic E-state index is 0.126. The van der Waals surface area contributed by atoms with E-state index in [0.717, 1.165) is 57.9 Å². The average molecular weight is 598 g/mol. The zero-order valence-electron chi connectivity index (χ0n) is 24.2. The van der Waals surface area contributed by atoms with Gasteiger partial charge in [0.05, 0.1) is 11.6 Å². The molecule has 5 aromatic rings. The number of hydrogen-bond donors (Lipinski definition) is 0. The molecule has 4 nitrogen and oxygen atoms in total. The van der Waals surface area contributed by atoms with Crippen LogP contribution in [0.3, 0.4) is 0 Å². The molecule has 220 valence electrons. The number of hydrogen-bond acceptors (Lipinski definition) is 5. The highest BCUT2D eigenvalue weighted by Gasteiger charge is 2.26. The van der Waals surface area contributed by atoms with E-state index in [1.165, 1.54) is 23.5 Å². The summed E-state index contributed by atoms with van der Waals surface area (Å²) in [7, 11) is 0. The Hall–Kier alpha value is -4.07. The topological polar surface area (TPSA) is 38.8 Å². The van der Waals surface area contributed by atoms with E-state index in [4.69, 9.17) is 9.47 Å². The predicted octanol–water partition coefficient (Wildman–Crippen LogP) is 8.41. The molecule has 0 N–H and O–H groups in total. The first kappa shape index (κ1) is 29.0. The van der Waals surface area contributed by atoms with E-state index in [9.17, 15) is 13.6 Å². The second-order valence-corrected chi connectivity index (χ2v) is 12.2. The van der Waals surface area contributed by atoms with E-state index in [-0.39, 0.29) is 24.2 Å². The molecule has 0 saturated carbocycles. The summed E-state index contributed by atoms with van der Waals surface area (Å²) in [6.07, 6.45) is 0. The Morgan fingerprint density at radius 1 is 0.907 bits per heavy atom. The van der Waals surface area contributed by atoms with Gasteiger partial charge in [-0.2, -0.15) is 0 Å². The number of rotatable bonds is 11. The van der Waals surface area contributed by atoms with Crippen LogP contribution in [-0.4, -0.2) is 43.6 Å². The zero-order chi connectivity index (χ0) is 29.9. The second kappa shape index (κ2) is 12.7. The Morgan fingerprint density at radius 3 is 2.30 bits per heavy atom. The van der Waals surface area contributed by atoms with Crippen LogP contribution in [0.5, 0.6) is 11.5 Å². The van der Waals surface area contributed by atoms with Crippen LogP contribution in [0.4, 0.5) is 8.78 Å². The van der Waals surface area contributed by atoms with Crippen molar-refractivity contribution in [1.29, 1.82) is 0 Å². The highest BCUT2D eigenvalue weighted by atomic mass is 32.1. The molecule has 0 unspecified atom stereocenters. The fourth-order valence-corrected chi connectivity index (χ4v) is 6.90. The van der Waals surface area contributed by atoms with Gasteiger partial charge in [0.2, 0.25) is 5.78 Å². The maximum Gasteiger partial charge on any atom is 0.204 e. The fourth-order valence-electron chi connectivity index (χ4n) is 5.70. The van der Waals surface area contributed by atoms with Crippen molar-refractivity contribution in [3.63, 3.8) is 0 Å². The molecule has 0 spiro atoms. The number of halogens is 2. The van der Waals surface area contributed by atoms with Crippen molar-refractivity contribution < 1.29 is 23.0 Å². The monoisotopic (exact) mass is 597 g/mol. The molecule has 0 aliphatic carbocycles. The molecular weight excluding hydrogens is 564 g/mol. The largest absolute Gasteiger partial charge is 0.492 e. The Balaban J connectivity index is 1.30. The summed E-state index contributed by atoms with van der Waals surface area (Å²) in [4.78, 5) is 16.9. The number of carbonyl (C=O) groups is 1. The average Bonchev–Trinajstić information content (AvgIpc) is 3.36. The summed E-state index contributed by atoms with van der Waals surface area (Å²) in [5, 5.41) is 0.951. The zero-order valence-corrected chi connectivity index (χ0v) is 25.1. The summed E-state index contributed by atoms with van der Waals surface area (Å²) in [5.41, 5.74) is 4.56. The number of ketones is 1. The molecular formula is C36H33F2NO3S. The van der Waals surface area contributed by atoms with Crippen molar-refractivity contribution in [3.8, 4) is 22.6 Å². The molecule has 1 aromatic heterocycles. The Bertz CT molecular complexity index is 1720. The summed E-state index contributed by atoms with van der Waals surface area (Å²) < 4.78 is 39.8. The van der Waals surface area contributed by atoms with Crippen LogP contribution in [0.2, 0.25) is 0 Å². The van der Waals surface area contributed by atoms with Gasteiger partial charge in [0, 0.05) is 46.8 Å². The number of alkyl halides is 1. The third-order valence-electron chi connectivity index (χ3n) is 7.91. The molecule has 0 radical (unpaired) electrons. The SMILES string of the molecule is Cc1cc(F)cc(C)c1C(=O)c1sc2cc(OCc3ccccc3)ccc2c1-c1ccc(OCCN2CC(CF)C2)cc1. The van der Waals surface area contributed by atoms with Gasteiger partial charge in [-0.05, 0) is 78.6 Å². The van der Waals surface area contributed by atoms with E-state index in [2.05, 4.69) is 4.90 Å². The van der Waals surface area contributed by atoms with E-state index in [1.807, 2.05) is 72.8 Å². The first-order chi connectivity index (χ1) is 20.9. The Morgan fingerprint density at radius 2 is 1.60 bits per heavy atom. The number of carbonyl (C=O) groups excluding carboxylic acids is 1.